The molecular formula is C26H28FN5S. The molecule has 1 aliphatic carbocycles. The number of nitrogens with one attached hydrogen (secondary N) is 2. The van der Waals surface area contributed by atoms with E-state index in [1.54, 1.807) is 12.1 Å². The summed E-state index contributed by atoms with van der Waals surface area (Å²) in [7, 11) is 0. The number of H-pyrrole nitrogens is 1. The number of rotatable bonds is 3. The monoisotopic (exact) mass is 461 g/mol. The first-order valence-electron chi connectivity index (χ1n) is 11.6. The van der Waals surface area contributed by atoms with Crippen molar-refractivity contribution in [2.24, 2.45) is 0 Å². The van der Waals surface area contributed by atoms with Gasteiger partial charge < -0.3 is 9.88 Å². The summed E-state index contributed by atoms with van der Waals surface area (Å²) in [6, 6.07) is 13.0. The zero-order valence-electron chi connectivity index (χ0n) is 18.9. The highest BCUT2D eigenvalue weighted by molar-refractivity contribution is 7.81. The number of aromatic nitrogens is 2. The smallest absolute Gasteiger partial charge is 0.181 e. The van der Waals surface area contributed by atoms with Crippen molar-refractivity contribution in [1.82, 2.24) is 14.9 Å². The van der Waals surface area contributed by atoms with Gasteiger partial charge in [-0.3, -0.25) is 5.41 Å². The molecule has 0 bridgehead atoms. The number of halogens is 1. The maximum absolute atomic E-state index is 13.8. The third-order valence-electron chi connectivity index (χ3n) is 7.53. The molecule has 7 heteroatoms. The number of nitrogens with zero attached hydrogens (tertiary/aromatic N) is 3. The minimum Gasteiger partial charge on any atom is -0.343 e. The molecule has 3 aromatic rings. The Kier molecular flexibility index (Phi) is 5.44. The molecule has 2 aromatic carbocycles. The van der Waals surface area contributed by atoms with Gasteiger partial charge in [0.05, 0.1) is 22.5 Å². The van der Waals surface area contributed by atoms with Crippen molar-refractivity contribution < 1.29 is 4.39 Å². The molecule has 0 spiro atoms. The summed E-state index contributed by atoms with van der Waals surface area (Å²) in [6.07, 6.45) is 5.38. The van der Waals surface area contributed by atoms with Gasteiger partial charge in [0, 0.05) is 12.0 Å². The van der Waals surface area contributed by atoms with Crippen LogP contribution in [0.15, 0.2) is 36.4 Å². The van der Waals surface area contributed by atoms with E-state index in [9.17, 15) is 15.1 Å². The standard InChI is InChI=1S/C26H28FN5S/c1-15-12-20-21(13-16(15)2)31-25(30-20)26(14-28)22(17-8-10-18(27)11-9-17)23(33)32(24(26)29)19-6-4-3-5-7-19/h8-13,19,22-23,29,33H,3-7H2,1-2H3,(H,30,31). The summed E-state index contributed by atoms with van der Waals surface area (Å²) in [5.74, 6) is -0.104. The summed E-state index contributed by atoms with van der Waals surface area (Å²) >= 11 is 5.00. The van der Waals surface area contributed by atoms with Crippen molar-refractivity contribution in [1.29, 1.82) is 10.7 Å². The first-order valence-corrected chi connectivity index (χ1v) is 12.1. The normalized spacial score (nSPS) is 26.2. The Hall–Kier alpha value is -2.85. The molecule has 5 rings (SSSR count). The van der Waals surface area contributed by atoms with Crippen LogP contribution in [0.2, 0.25) is 0 Å². The van der Waals surface area contributed by atoms with E-state index in [1.807, 2.05) is 30.9 Å². The second kappa shape index (κ2) is 8.18. The largest absolute Gasteiger partial charge is 0.343 e. The van der Waals surface area contributed by atoms with Crippen molar-refractivity contribution in [2.75, 3.05) is 0 Å². The number of aromatic amines is 1. The lowest BCUT2D eigenvalue weighted by atomic mass is 9.74. The first-order chi connectivity index (χ1) is 15.9. The zero-order chi connectivity index (χ0) is 23.3. The van der Waals surface area contributed by atoms with Gasteiger partial charge in [-0.1, -0.05) is 31.4 Å². The fourth-order valence-electron chi connectivity index (χ4n) is 5.61. The molecular weight excluding hydrogens is 433 g/mol. The molecule has 3 atom stereocenters. The molecule has 0 radical (unpaired) electrons. The molecule has 2 fully saturated rings. The van der Waals surface area contributed by atoms with E-state index in [4.69, 9.17) is 17.6 Å². The molecule has 2 aliphatic rings. The van der Waals surface area contributed by atoms with Crippen LogP contribution in [0.3, 0.4) is 0 Å². The van der Waals surface area contributed by atoms with E-state index in [0.29, 0.717) is 5.82 Å². The van der Waals surface area contributed by atoms with Crippen LogP contribution in [0.4, 0.5) is 4.39 Å². The van der Waals surface area contributed by atoms with Gasteiger partial charge in [-0.05, 0) is 67.6 Å². The van der Waals surface area contributed by atoms with Crippen LogP contribution in [0.5, 0.6) is 0 Å². The van der Waals surface area contributed by atoms with E-state index < -0.39 is 11.3 Å². The van der Waals surface area contributed by atoms with Crippen LogP contribution >= 0.6 is 12.6 Å². The molecule has 1 aliphatic heterocycles. The highest BCUT2D eigenvalue weighted by Gasteiger charge is 2.61. The molecule has 1 saturated carbocycles. The molecule has 170 valence electrons. The van der Waals surface area contributed by atoms with E-state index >= 15 is 0 Å². The Morgan fingerprint density at radius 2 is 1.82 bits per heavy atom. The number of likely N-dealkylation sites (tertiary alicyclic amines) is 1. The lowest BCUT2D eigenvalue weighted by Gasteiger charge is -2.36. The molecule has 33 heavy (non-hydrogen) atoms. The second-order valence-electron chi connectivity index (χ2n) is 9.45. The number of fused-ring (bicyclic) bond motifs is 1. The number of hydrogen-bond donors (Lipinski definition) is 3. The van der Waals surface area contributed by atoms with Crippen LogP contribution in [-0.2, 0) is 5.41 Å². The lowest BCUT2D eigenvalue weighted by molar-refractivity contribution is 0.238. The fourth-order valence-corrected chi connectivity index (χ4v) is 6.31. The average molecular weight is 462 g/mol. The van der Waals surface area contributed by atoms with Gasteiger partial charge in [0.25, 0.3) is 0 Å². The number of nitriles is 1. The van der Waals surface area contributed by atoms with Crippen LogP contribution < -0.4 is 0 Å². The average Bonchev–Trinajstić information content (AvgIpc) is 3.31. The maximum Gasteiger partial charge on any atom is 0.181 e. The molecule has 3 unspecified atom stereocenters. The van der Waals surface area contributed by atoms with Gasteiger partial charge in [-0.15, -0.1) is 0 Å². The number of benzene rings is 2. The molecule has 5 nitrogen and oxygen atoms in total. The van der Waals surface area contributed by atoms with Gasteiger partial charge in [0.15, 0.2) is 5.41 Å². The number of aryl methyl sites for hydroxylation is 2. The topological polar surface area (TPSA) is 79.6 Å². The Bertz CT molecular complexity index is 1220. The number of amidine groups is 1. The van der Waals surface area contributed by atoms with E-state index in [2.05, 4.69) is 11.1 Å². The lowest BCUT2D eigenvalue weighted by Crippen LogP contribution is -2.44. The highest BCUT2D eigenvalue weighted by atomic mass is 32.1. The van der Waals surface area contributed by atoms with Crippen molar-refractivity contribution in [3.63, 3.8) is 0 Å². The molecule has 2 N–H and O–H groups in total. The summed E-state index contributed by atoms with van der Waals surface area (Å²) < 4.78 is 13.8. The third-order valence-corrected chi connectivity index (χ3v) is 8.07. The predicted molar refractivity (Wildman–Crippen MR) is 131 cm³/mol. The summed E-state index contributed by atoms with van der Waals surface area (Å²) in [5, 5.41) is 19.6. The summed E-state index contributed by atoms with van der Waals surface area (Å²) in [4.78, 5) is 10.2. The zero-order valence-corrected chi connectivity index (χ0v) is 19.8. The van der Waals surface area contributed by atoms with Crippen molar-refractivity contribution in [3.8, 4) is 6.07 Å². The van der Waals surface area contributed by atoms with Crippen molar-refractivity contribution >= 4 is 29.5 Å². The summed E-state index contributed by atoms with van der Waals surface area (Å²) in [5.41, 5.74) is 3.33. The van der Waals surface area contributed by atoms with Crippen LogP contribution in [0.25, 0.3) is 11.0 Å². The highest BCUT2D eigenvalue weighted by Crippen LogP contribution is 2.52. The van der Waals surface area contributed by atoms with E-state index in [-0.39, 0.29) is 23.1 Å². The Morgan fingerprint density at radius 1 is 1.15 bits per heavy atom. The van der Waals surface area contributed by atoms with Gasteiger partial charge in [-0.2, -0.15) is 17.9 Å². The van der Waals surface area contributed by atoms with E-state index in [1.165, 1.54) is 18.6 Å². The predicted octanol–water partition coefficient (Wildman–Crippen LogP) is 5.75. The number of hydrogen-bond acceptors (Lipinski definition) is 4. The maximum atomic E-state index is 13.8. The van der Waals surface area contributed by atoms with Crippen molar-refractivity contribution in [3.05, 3.63) is 64.7 Å². The molecule has 1 aromatic heterocycles. The van der Waals surface area contributed by atoms with Crippen molar-refractivity contribution in [2.45, 2.75) is 68.7 Å². The van der Waals surface area contributed by atoms with Crippen LogP contribution in [0, 0.1) is 36.4 Å². The van der Waals surface area contributed by atoms with Gasteiger partial charge in [0.2, 0.25) is 0 Å². The third kappa shape index (κ3) is 3.34. The van der Waals surface area contributed by atoms with Crippen LogP contribution in [0.1, 0.15) is 60.5 Å². The van der Waals surface area contributed by atoms with Crippen LogP contribution in [-0.4, -0.2) is 32.1 Å². The Labute approximate surface area is 198 Å². The van der Waals surface area contributed by atoms with Gasteiger partial charge in [-0.25, -0.2) is 9.37 Å². The molecule has 0 amide bonds. The minimum absolute atomic E-state index is 0.167. The minimum atomic E-state index is -1.34. The second-order valence-corrected chi connectivity index (χ2v) is 9.98. The molecule has 2 heterocycles. The van der Waals surface area contributed by atoms with E-state index in [0.717, 1.165) is 53.4 Å². The number of thiol groups is 1. The first kappa shape index (κ1) is 22.0. The summed E-state index contributed by atoms with van der Waals surface area (Å²) in [6.45, 7) is 4.08. The quantitative estimate of drug-likeness (QED) is 0.435. The Morgan fingerprint density at radius 3 is 2.48 bits per heavy atom. The SMILES string of the molecule is Cc1cc2nc(C3(C#N)C(=N)N(C4CCCCC4)C(S)C3c3ccc(F)cc3)[nH]c2cc1C. The molecule has 1 saturated heterocycles. The Balaban J connectivity index is 1.71. The van der Waals surface area contributed by atoms with Gasteiger partial charge >= 0.3 is 0 Å². The van der Waals surface area contributed by atoms with Gasteiger partial charge in [0.1, 0.15) is 17.5 Å². The fraction of sp³-hybridized carbons (Fsp3) is 0.423. The number of imidazole rings is 1.